The lowest BCUT2D eigenvalue weighted by atomic mass is 10.1. The molecule has 0 aromatic heterocycles. The number of benzene rings is 1. The highest BCUT2D eigenvalue weighted by atomic mass is 15.3. The van der Waals surface area contributed by atoms with E-state index in [-0.39, 0.29) is 6.29 Å². The van der Waals surface area contributed by atoms with E-state index in [0.29, 0.717) is 5.96 Å². The first kappa shape index (κ1) is 15.8. The van der Waals surface area contributed by atoms with Crippen LogP contribution >= 0.6 is 0 Å². The number of aliphatic imine (C=N–C) groups is 1. The van der Waals surface area contributed by atoms with Crippen molar-refractivity contribution in [2.24, 2.45) is 16.5 Å². The third kappa shape index (κ3) is 4.72. The fourth-order valence-corrected chi connectivity index (χ4v) is 2.71. The van der Waals surface area contributed by atoms with Crippen LogP contribution < -0.4 is 16.8 Å². The molecule has 1 saturated heterocycles. The molecule has 1 aliphatic rings. The first-order chi connectivity index (χ1) is 10.2. The van der Waals surface area contributed by atoms with Crippen molar-refractivity contribution in [3.63, 3.8) is 0 Å². The highest BCUT2D eigenvalue weighted by molar-refractivity contribution is 5.93. The Morgan fingerprint density at radius 3 is 2.71 bits per heavy atom. The summed E-state index contributed by atoms with van der Waals surface area (Å²) >= 11 is 0. The number of para-hydroxylation sites is 1. The number of guanidine groups is 1. The average molecular weight is 289 g/mol. The first-order valence-electron chi connectivity index (χ1n) is 7.88. The fraction of sp³-hybridized carbons (Fsp3) is 0.562. The monoisotopic (exact) mass is 289 g/mol. The van der Waals surface area contributed by atoms with Crippen molar-refractivity contribution in [2.45, 2.75) is 45.3 Å². The van der Waals surface area contributed by atoms with E-state index in [1.165, 1.54) is 24.8 Å². The van der Waals surface area contributed by atoms with E-state index in [4.69, 9.17) is 11.5 Å². The number of nitrogens with one attached hydrogen (secondary N) is 1. The van der Waals surface area contributed by atoms with Gasteiger partial charge in [0.2, 0.25) is 0 Å². The summed E-state index contributed by atoms with van der Waals surface area (Å²) in [7, 11) is 0. The van der Waals surface area contributed by atoms with Crippen LogP contribution in [0.25, 0.3) is 0 Å². The average Bonchev–Trinajstić information content (AvgIpc) is 2.50. The molecule has 116 valence electrons. The molecule has 0 spiro atoms. The lowest BCUT2D eigenvalue weighted by molar-refractivity contribution is 0.171. The lowest BCUT2D eigenvalue weighted by Gasteiger charge is -2.29. The number of hydrogen-bond acceptors (Lipinski definition) is 3. The molecule has 1 aromatic carbocycles. The summed E-state index contributed by atoms with van der Waals surface area (Å²) in [5, 5.41) is 3.19. The molecule has 0 aliphatic carbocycles. The molecule has 5 nitrogen and oxygen atoms in total. The molecule has 0 amide bonds. The Morgan fingerprint density at radius 2 is 2.00 bits per heavy atom. The van der Waals surface area contributed by atoms with Gasteiger partial charge >= 0.3 is 0 Å². The summed E-state index contributed by atoms with van der Waals surface area (Å²) in [6.07, 6.45) is 5.44. The predicted molar refractivity (Wildman–Crippen MR) is 89.1 cm³/mol. The van der Waals surface area contributed by atoms with Gasteiger partial charge < -0.3 is 11.1 Å². The summed E-state index contributed by atoms with van der Waals surface area (Å²) < 4.78 is 0. The summed E-state index contributed by atoms with van der Waals surface area (Å²) in [6.45, 7) is 4.18. The van der Waals surface area contributed by atoms with Crippen LogP contribution in [0, 0.1) is 0 Å². The Morgan fingerprint density at radius 1 is 1.29 bits per heavy atom. The second kappa shape index (κ2) is 8.00. The van der Waals surface area contributed by atoms with Gasteiger partial charge in [0.15, 0.2) is 12.2 Å². The van der Waals surface area contributed by atoms with E-state index in [0.717, 1.165) is 31.6 Å². The van der Waals surface area contributed by atoms with Crippen LogP contribution in [0.3, 0.4) is 0 Å². The zero-order valence-electron chi connectivity index (χ0n) is 12.9. The number of nitrogens with two attached hydrogens (primary N) is 2. The van der Waals surface area contributed by atoms with Crippen LogP contribution in [0.4, 0.5) is 5.69 Å². The van der Waals surface area contributed by atoms with Gasteiger partial charge in [-0.25, -0.2) is 4.99 Å². The minimum absolute atomic E-state index is 0.351. The number of aryl methyl sites for hydroxylation is 1. The molecule has 1 fully saturated rings. The Hall–Kier alpha value is -1.59. The maximum Gasteiger partial charge on any atom is 0.195 e. The first-order valence-corrected chi connectivity index (χ1v) is 7.88. The molecule has 0 bridgehead atoms. The second-order valence-electron chi connectivity index (χ2n) is 5.56. The van der Waals surface area contributed by atoms with Crippen molar-refractivity contribution < 1.29 is 0 Å². The van der Waals surface area contributed by atoms with Crippen molar-refractivity contribution in [2.75, 3.05) is 18.4 Å². The summed E-state index contributed by atoms with van der Waals surface area (Å²) in [4.78, 5) is 6.56. The third-order valence-corrected chi connectivity index (χ3v) is 3.84. The number of likely N-dealkylation sites (tertiary alicyclic amines) is 1. The van der Waals surface area contributed by atoms with Gasteiger partial charge in [-0.3, -0.25) is 10.6 Å². The quantitative estimate of drug-likeness (QED) is 0.573. The molecule has 1 aliphatic heterocycles. The van der Waals surface area contributed by atoms with Crippen LogP contribution in [0.1, 0.15) is 38.2 Å². The smallest absolute Gasteiger partial charge is 0.195 e. The highest BCUT2D eigenvalue weighted by Crippen LogP contribution is 2.16. The molecule has 21 heavy (non-hydrogen) atoms. The van der Waals surface area contributed by atoms with Gasteiger partial charge in [-0.15, -0.1) is 0 Å². The molecule has 0 radical (unpaired) electrons. The van der Waals surface area contributed by atoms with E-state index >= 15 is 0 Å². The molecular weight excluding hydrogens is 262 g/mol. The number of piperidine rings is 1. The van der Waals surface area contributed by atoms with Gasteiger partial charge in [-0.1, -0.05) is 38.0 Å². The van der Waals surface area contributed by atoms with Crippen LogP contribution in [0.5, 0.6) is 0 Å². The van der Waals surface area contributed by atoms with Crippen molar-refractivity contribution in [3.8, 4) is 0 Å². The van der Waals surface area contributed by atoms with Crippen LogP contribution in [-0.2, 0) is 6.42 Å². The largest absolute Gasteiger partial charge is 0.370 e. The third-order valence-electron chi connectivity index (χ3n) is 3.84. The molecular formula is C16H27N5. The number of hydrogen-bond donors (Lipinski definition) is 3. The molecule has 1 atom stereocenters. The van der Waals surface area contributed by atoms with Crippen molar-refractivity contribution in [3.05, 3.63) is 29.8 Å². The second-order valence-corrected chi connectivity index (χ2v) is 5.56. The van der Waals surface area contributed by atoms with Crippen LogP contribution in [0.15, 0.2) is 29.3 Å². The van der Waals surface area contributed by atoms with E-state index < -0.39 is 0 Å². The van der Waals surface area contributed by atoms with E-state index in [1.807, 2.05) is 18.2 Å². The van der Waals surface area contributed by atoms with Crippen molar-refractivity contribution in [1.29, 1.82) is 0 Å². The normalized spacial score (nSPS) is 18.5. The molecule has 1 heterocycles. The number of nitrogens with zero attached hydrogens (tertiary/aromatic N) is 2. The standard InChI is InChI=1S/C16H27N5/c1-2-8-13-9-4-5-10-14(13)19-15(17)20-16(18)21-11-6-3-7-12-21/h4-5,9-10,16H,2-3,6-8,11-12,18H2,1H3,(H3,17,19,20). The maximum atomic E-state index is 6.12. The number of rotatable bonds is 5. The molecule has 5 N–H and O–H groups in total. The fourth-order valence-electron chi connectivity index (χ4n) is 2.71. The van der Waals surface area contributed by atoms with Gasteiger partial charge in [-0.05, 0) is 30.9 Å². The molecule has 1 unspecified atom stereocenters. The maximum absolute atomic E-state index is 6.12. The Labute approximate surface area is 127 Å². The van der Waals surface area contributed by atoms with Crippen LogP contribution in [0.2, 0.25) is 0 Å². The van der Waals surface area contributed by atoms with Crippen LogP contribution in [-0.4, -0.2) is 30.2 Å². The molecule has 2 rings (SSSR count). The van der Waals surface area contributed by atoms with Crippen molar-refractivity contribution >= 4 is 11.6 Å². The highest BCUT2D eigenvalue weighted by Gasteiger charge is 2.16. The van der Waals surface area contributed by atoms with E-state index in [1.54, 1.807) is 0 Å². The predicted octanol–water partition coefficient (Wildman–Crippen LogP) is 2.09. The van der Waals surface area contributed by atoms with Gasteiger partial charge in [0.05, 0.1) is 0 Å². The summed E-state index contributed by atoms with van der Waals surface area (Å²) in [5.41, 5.74) is 14.4. The van der Waals surface area contributed by atoms with Gasteiger partial charge in [-0.2, -0.15) is 0 Å². The zero-order chi connectivity index (χ0) is 15.1. The topological polar surface area (TPSA) is 79.7 Å². The van der Waals surface area contributed by atoms with E-state index in [2.05, 4.69) is 28.2 Å². The zero-order valence-corrected chi connectivity index (χ0v) is 12.9. The lowest BCUT2D eigenvalue weighted by Crippen LogP contribution is -2.45. The summed E-state index contributed by atoms with van der Waals surface area (Å²) in [6, 6.07) is 8.19. The summed E-state index contributed by atoms with van der Waals surface area (Å²) in [5.74, 6) is 0.386. The number of anilines is 1. The molecule has 1 aromatic rings. The molecule has 0 saturated carbocycles. The van der Waals surface area contributed by atoms with E-state index in [9.17, 15) is 0 Å². The Balaban J connectivity index is 1.99. The Bertz CT molecular complexity index is 465. The minimum atomic E-state index is -0.351. The van der Waals surface area contributed by atoms with Crippen molar-refractivity contribution in [1.82, 2.24) is 4.90 Å². The Kier molecular flexibility index (Phi) is 6.02. The van der Waals surface area contributed by atoms with Gasteiger partial charge in [0.1, 0.15) is 0 Å². The van der Waals surface area contributed by atoms with Gasteiger partial charge in [0.25, 0.3) is 0 Å². The van der Waals surface area contributed by atoms with Gasteiger partial charge in [0, 0.05) is 18.8 Å². The SMILES string of the molecule is CCCc1ccccc1NC(N)=NC(N)N1CCCCC1. The minimum Gasteiger partial charge on any atom is -0.370 e. The molecule has 5 heteroatoms.